The van der Waals surface area contributed by atoms with Crippen LogP contribution in [0.5, 0.6) is 11.5 Å². The minimum atomic E-state index is -0.419. The van der Waals surface area contributed by atoms with E-state index in [1.54, 1.807) is 38.5 Å². The summed E-state index contributed by atoms with van der Waals surface area (Å²) in [5, 5.41) is 5.04. The first-order valence-electron chi connectivity index (χ1n) is 9.26. The second kappa shape index (κ2) is 8.04. The molecule has 7 heteroatoms. The van der Waals surface area contributed by atoms with Crippen molar-refractivity contribution in [2.45, 2.75) is 6.92 Å². The number of rotatable bonds is 6. The predicted octanol–water partition coefficient (Wildman–Crippen LogP) is 4.47. The second-order valence-electron chi connectivity index (χ2n) is 6.70. The molecule has 0 saturated heterocycles. The SMILES string of the molecule is COc1ccc(N2C(=O)C(Nc3cc(C)ccc3OC)=C(c3cccs3)C2=O)cc1. The van der Waals surface area contributed by atoms with E-state index in [9.17, 15) is 9.59 Å². The summed E-state index contributed by atoms with van der Waals surface area (Å²) in [6, 6.07) is 16.1. The molecule has 1 N–H and O–H groups in total. The van der Waals surface area contributed by atoms with Crippen LogP contribution >= 0.6 is 11.3 Å². The molecule has 2 heterocycles. The van der Waals surface area contributed by atoms with Gasteiger partial charge in [-0.05, 0) is 60.3 Å². The Balaban J connectivity index is 1.79. The predicted molar refractivity (Wildman–Crippen MR) is 118 cm³/mol. The molecule has 0 spiro atoms. The Bertz CT molecular complexity index is 1130. The molecular formula is C23H20N2O4S. The van der Waals surface area contributed by atoms with Gasteiger partial charge in [0.25, 0.3) is 11.8 Å². The quantitative estimate of drug-likeness (QED) is 0.596. The van der Waals surface area contributed by atoms with E-state index in [0.29, 0.717) is 28.4 Å². The van der Waals surface area contributed by atoms with E-state index in [1.807, 2.05) is 42.6 Å². The zero-order valence-electron chi connectivity index (χ0n) is 16.8. The van der Waals surface area contributed by atoms with Gasteiger partial charge in [0.05, 0.1) is 31.2 Å². The number of imide groups is 1. The number of methoxy groups -OCH3 is 2. The van der Waals surface area contributed by atoms with Gasteiger partial charge in [0.2, 0.25) is 0 Å². The van der Waals surface area contributed by atoms with Crippen LogP contribution in [0.3, 0.4) is 0 Å². The lowest BCUT2D eigenvalue weighted by atomic mass is 10.1. The number of carbonyl (C=O) groups is 2. The maximum absolute atomic E-state index is 13.4. The van der Waals surface area contributed by atoms with Crippen molar-refractivity contribution >= 4 is 40.1 Å². The number of benzene rings is 2. The Morgan fingerprint density at radius 2 is 1.70 bits per heavy atom. The van der Waals surface area contributed by atoms with Crippen LogP contribution in [0.1, 0.15) is 10.4 Å². The number of thiophene rings is 1. The van der Waals surface area contributed by atoms with Crippen LogP contribution in [0.25, 0.3) is 5.57 Å². The number of anilines is 2. The number of hydrogen-bond acceptors (Lipinski definition) is 6. The molecule has 1 aliphatic heterocycles. The Morgan fingerprint density at radius 1 is 0.933 bits per heavy atom. The molecule has 6 nitrogen and oxygen atoms in total. The van der Waals surface area contributed by atoms with Gasteiger partial charge < -0.3 is 14.8 Å². The average Bonchev–Trinajstić information content (AvgIpc) is 3.35. The highest BCUT2D eigenvalue weighted by Crippen LogP contribution is 2.37. The summed E-state index contributed by atoms with van der Waals surface area (Å²) >= 11 is 1.41. The van der Waals surface area contributed by atoms with Crippen LogP contribution in [0.2, 0.25) is 0 Å². The van der Waals surface area contributed by atoms with Crippen LogP contribution in [-0.4, -0.2) is 26.0 Å². The van der Waals surface area contributed by atoms with Crippen molar-refractivity contribution in [3.8, 4) is 11.5 Å². The van der Waals surface area contributed by atoms with Gasteiger partial charge in [0.1, 0.15) is 17.2 Å². The van der Waals surface area contributed by atoms with Crippen LogP contribution in [-0.2, 0) is 9.59 Å². The summed E-state index contributed by atoms with van der Waals surface area (Å²) < 4.78 is 10.6. The first-order chi connectivity index (χ1) is 14.5. The fourth-order valence-corrected chi connectivity index (χ4v) is 4.08. The topological polar surface area (TPSA) is 67.9 Å². The molecule has 0 saturated carbocycles. The number of hydrogen-bond donors (Lipinski definition) is 1. The molecule has 3 aromatic rings. The first-order valence-corrected chi connectivity index (χ1v) is 10.1. The van der Waals surface area contributed by atoms with Crippen molar-refractivity contribution in [1.82, 2.24) is 0 Å². The largest absolute Gasteiger partial charge is 0.497 e. The maximum atomic E-state index is 13.4. The standard InChI is InChI=1S/C23H20N2O4S/c1-14-6-11-18(29-3)17(13-14)24-21-20(19-5-4-12-30-19)22(26)25(23(21)27)15-7-9-16(28-2)10-8-15/h4-13,24H,1-3H3. The van der Waals surface area contributed by atoms with Crippen LogP contribution < -0.4 is 19.7 Å². The molecule has 152 valence electrons. The molecule has 1 aromatic heterocycles. The number of nitrogens with zero attached hydrogens (tertiary/aromatic N) is 1. The van der Waals surface area contributed by atoms with E-state index >= 15 is 0 Å². The molecular weight excluding hydrogens is 400 g/mol. The summed E-state index contributed by atoms with van der Waals surface area (Å²) in [7, 11) is 3.13. The zero-order chi connectivity index (χ0) is 21.3. The van der Waals surface area contributed by atoms with Gasteiger partial charge in [-0.1, -0.05) is 12.1 Å². The number of aryl methyl sites for hydroxylation is 1. The summed E-state index contributed by atoms with van der Waals surface area (Å²) in [6.45, 7) is 1.95. The fraction of sp³-hybridized carbons (Fsp3) is 0.130. The van der Waals surface area contributed by atoms with Gasteiger partial charge in [-0.25, -0.2) is 4.90 Å². The van der Waals surface area contributed by atoms with E-state index in [-0.39, 0.29) is 11.6 Å². The van der Waals surface area contributed by atoms with Gasteiger partial charge >= 0.3 is 0 Å². The lowest BCUT2D eigenvalue weighted by molar-refractivity contribution is -0.120. The third-order valence-electron chi connectivity index (χ3n) is 4.80. The average molecular weight is 420 g/mol. The van der Waals surface area contributed by atoms with Crippen molar-refractivity contribution in [2.75, 3.05) is 24.4 Å². The molecule has 0 atom stereocenters. The monoisotopic (exact) mass is 420 g/mol. The van der Waals surface area contributed by atoms with E-state index < -0.39 is 5.91 Å². The molecule has 4 rings (SSSR count). The fourth-order valence-electron chi connectivity index (χ4n) is 3.32. The van der Waals surface area contributed by atoms with Crippen molar-refractivity contribution in [3.05, 3.63) is 76.1 Å². The van der Waals surface area contributed by atoms with Gasteiger partial charge in [-0.15, -0.1) is 11.3 Å². The Kier molecular flexibility index (Phi) is 5.29. The molecule has 0 bridgehead atoms. The highest BCUT2D eigenvalue weighted by atomic mass is 32.1. The van der Waals surface area contributed by atoms with Crippen LogP contribution in [0.15, 0.2) is 65.7 Å². The summed E-state index contributed by atoms with van der Waals surface area (Å²) in [4.78, 5) is 28.6. The lowest BCUT2D eigenvalue weighted by Crippen LogP contribution is -2.32. The van der Waals surface area contributed by atoms with Crippen molar-refractivity contribution in [3.63, 3.8) is 0 Å². The van der Waals surface area contributed by atoms with Crippen molar-refractivity contribution in [2.24, 2.45) is 0 Å². The minimum Gasteiger partial charge on any atom is -0.497 e. The Hall–Kier alpha value is -3.58. The minimum absolute atomic E-state index is 0.224. The van der Waals surface area contributed by atoms with Crippen molar-refractivity contribution < 1.29 is 19.1 Å². The van der Waals surface area contributed by atoms with Crippen LogP contribution in [0, 0.1) is 6.92 Å². The zero-order valence-corrected chi connectivity index (χ0v) is 17.6. The lowest BCUT2D eigenvalue weighted by Gasteiger charge is -2.16. The molecule has 0 unspecified atom stereocenters. The highest BCUT2D eigenvalue weighted by Gasteiger charge is 2.41. The van der Waals surface area contributed by atoms with Gasteiger partial charge in [0.15, 0.2) is 0 Å². The summed E-state index contributed by atoms with van der Waals surface area (Å²) in [5.41, 5.74) is 2.67. The molecule has 30 heavy (non-hydrogen) atoms. The summed E-state index contributed by atoms with van der Waals surface area (Å²) in [6.07, 6.45) is 0. The van der Waals surface area contributed by atoms with Crippen LogP contribution in [0.4, 0.5) is 11.4 Å². The molecule has 1 aliphatic rings. The van der Waals surface area contributed by atoms with E-state index in [4.69, 9.17) is 9.47 Å². The number of carbonyl (C=O) groups excluding carboxylic acids is 2. The molecule has 0 aliphatic carbocycles. The van der Waals surface area contributed by atoms with Gasteiger partial charge in [-0.2, -0.15) is 0 Å². The van der Waals surface area contributed by atoms with Gasteiger partial charge in [-0.3, -0.25) is 9.59 Å². The smallest absolute Gasteiger partial charge is 0.282 e. The van der Waals surface area contributed by atoms with E-state index in [2.05, 4.69) is 5.32 Å². The van der Waals surface area contributed by atoms with Gasteiger partial charge in [0, 0.05) is 4.88 Å². The second-order valence-corrected chi connectivity index (χ2v) is 7.65. The normalized spacial score (nSPS) is 13.8. The molecule has 0 radical (unpaired) electrons. The number of amides is 2. The molecule has 2 aromatic carbocycles. The van der Waals surface area contributed by atoms with E-state index in [0.717, 1.165) is 10.4 Å². The Labute approximate surface area is 178 Å². The number of nitrogens with one attached hydrogen (secondary N) is 1. The number of ether oxygens (including phenoxy) is 2. The maximum Gasteiger partial charge on any atom is 0.282 e. The molecule has 2 amide bonds. The first kappa shape index (κ1) is 19.7. The summed E-state index contributed by atoms with van der Waals surface area (Å²) in [5.74, 6) is 0.438. The van der Waals surface area contributed by atoms with Crippen molar-refractivity contribution in [1.29, 1.82) is 0 Å². The Morgan fingerprint density at radius 3 is 2.33 bits per heavy atom. The highest BCUT2D eigenvalue weighted by molar-refractivity contribution is 7.11. The third-order valence-corrected chi connectivity index (χ3v) is 5.68. The third kappa shape index (κ3) is 3.44. The van der Waals surface area contributed by atoms with E-state index in [1.165, 1.54) is 16.2 Å². The molecule has 0 fully saturated rings.